The lowest BCUT2D eigenvalue weighted by atomic mass is 10.3. The smallest absolute Gasteiger partial charge is 0.274 e. The molecule has 4 heteroatoms. The molecule has 0 aliphatic carbocycles. The molecule has 0 radical (unpaired) electrons. The number of hydrogen-bond donors (Lipinski definition) is 0. The highest BCUT2D eigenvalue weighted by Gasteiger charge is 2.31. The van der Waals surface area contributed by atoms with Crippen LogP contribution in [0.3, 0.4) is 0 Å². The molecule has 12 heavy (non-hydrogen) atoms. The van der Waals surface area contributed by atoms with Crippen molar-refractivity contribution in [1.82, 2.24) is 4.90 Å². The van der Waals surface area contributed by atoms with E-state index < -0.39 is 0 Å². The van der Waals surface area contributed by atoms with Gasteiger partial charge in [-0.1, -0.05) is 6.92 Å². The third-order valence-electron chi connectivity index (χ3n) is 1.77. The van der Waals surface area contributed by atoms with Crippen LogP contribution >= 0.6 is 0 Å². The summed E-state index contributed by atoms with van der Waals surface area (Å²) >= 11 is 0. The molecule has 0 unspecified atom stereocenters. The number of likely N-dealkylation sites (tertiary alicyclic amines) is 1. The number of carbonyl (C=O) groups is 2. The first-order chi connectivity index (χ1) is 5.66. The summed E-state index contributed by atoms with van der Waals surface area (Å²) < 4.78 is 0. The molecule has 0 aromatic heterocycles. The highest BCUT2D eigenvalue weighted by Crippen LogP contribution is 2.07. The number of hydrogen-bond acceptors (Lipinski definition) is 3. The van der Waals surface area contributed by atoms with Crippen LogP contribution in [-0.4, -0.2) is 36.0 Å². The first-order valence-corrected chi connectivity index (χ1v) is 4.01. The van der Waals surface area contributed by atoms with E-state index in [1.54, 1.807) is 0 Å². The van der Waals surface area contributed by atoms with Crippen molar-refractivity contribution in [3.05, 3.63) is 0 Å². The molecular weight excluding hydrogens is 156 g/mol. The molecule has 0 saturated carbocycles. The van der Waals surface area contributed by atoms with Gasteiger partial charge in [0.15, 0.2) is 0 Å². The van der Waals surface area contributed by atoms with E-state index in [9.17, 15) is 9.59 Å². The largest absolute Gasteiger partial charge is 0.283 e. The minimum Gasteiger partial charge on any atom is -0.283 e. The Hall–Kier alpha value is -1.19. The van der Waals surface area contributed by atoms with E-state index in [0.29, 0.717) is 12.3 Å². The van der Waals surface area contributed by atoms with Crippen molar-refractivity contribution in [3.63, 3.8) is 0 Å². The lowest BCUT2D eigenvalue weighted by molar-refractivity contribution is -0.135. The molecule has 1 rings (SSSR count). The fraction of sp³-hybridized carbons (Fsp3) is 0.625. The van der Waals surface area contributed by atoms with Gasteiger partial charge in [0.25, 0.3) is 5.91 Å². The van der Waals surface area contributed by atoms with Crippen LogP contribution in [0.5, 0.6) is 0 Å². The molecule has 0 aromatic rings. The minimum absolute atomic E-state index is 0.158. The molecular formula is C8H12N2O2. The highest BCUT2D eigenvalue weighted by molar-refractivity contribution is 6.48. The molecule has 4 nitrogen and oxygen atoms in total. The van der Waals surface area contributed by atoms with Gasteiger partial charge in [0.1, 0.15) is 5.71 Å². The molecule has 0 aromatic carbocycles. The van der Waals surface area contributed by atoms with Crippen LogP contribution < -0.4 is 0 Å². The van der Waals surface area contributed by atoms with Gasteiger partial charge in [-0.25, -0.2) is 0 Å². The standard InChI is InChI=1S/C8H12N2O2/c1-3-4-9-6-5-7(11)10(2)8(6)12/h3-5H2,1-2H3. The van der Waals surface area contributed by atoms with Crippen molar-refractivity contribution in [3.8, 4) is 0 Å². The molecule has 1 saturated heterocycles. The van der Waals surface area contributed by atoms with Gasteiger partial charge >= 0.3 is 0 Å². The normalized spacial score (nSPS) is 21.2. The Kier molecular flexibility index (Phi) is 2.58. The summed E-state index contributed by atoms with van der Waals surface area (Å²) in [5.74, 6) is -0.400. The number of aliphatic imine (C=N–C) groups is 1. The van der Waals surface area contributed by atoms with E-state index in [4.69, 9.17) is 0 Å². The number of rotatable bonds is 2. The molecule has 0 atom stereocenters. The summed E-state index contributed by atoms with van der Waals surface area (Å²) in [4.78, 5) is 27.3. The fourth-order valence-electron chi connectivity index (χ4n) is 1.01. The van der Waals surface area contributed by atoms with Gasteiger partial charge in [-0.15, -0.1) is 0 Å². The van der Waals surface area contributed by atoms with Gasteiger partial charge in [0.2, 0.25) is 5.91 Å². The molecule has 1 aliphatic heterocycles. The molecule has 0 spiro atoms. The maximum Gasteiger partial charge on any atom is 0.274 e. The van der Waals surface area contributed by atoms with Crippen LogP contribution in [-0.2, 0) is 9.59 Å². The van der Waals surface area contributed by atoms with E-state index in [2.05, 4.69) is 4.99 Å². The van der Waals surface area contributed by atoms with Crippen molar-refractivity contribution >= 4 is 17.5 Å². The van der Waals surface area contributed by atoms with E-state index >= 15 is 0 Å². The predicted molar refractivity (Wildman–Crippen MR) is 45.0 cm³/mol. The van der Waals surface area contributed by atoms with Gasteiger partial charge in [0.05, 0.1) is 6.42 Å². The third kappa shape index (κ3) is 1.52. The summed E-state index contributed by atoms with van der Waals surface area (Å²) in [5, 5.41) is 0. The number of carbonyl (C=O) groups excluding carboxylic acids is 2. The molecule has 0 N–H and O–H groups in total. The zero-order valence-corrected chi connectivity index (χ0v) is 7.33. The van der Waals surface area contributed by atoms with Gasteiger partial charge in [-0.2, -0.15) is 0 Å². The Morgan fingerprint density at radius 1 is 1.50 bits per heavy atom. The summed E-state index contributed by atoms with van der Waals surface area (Å²) in [6, 6.07) is 0. The fourth-order valence-corrected chi connectivity index (χ4v) is 1.01. The molecule has 0 bridgehead atoms. The summed E-state index contributed by atoms with van der Waals surface area (Å²) in [6.07, 6.45) is 1.07. The molecule has 2 amide bonds. The second-order valence-corrected chi connectivity index (χ2v) is 2.76. The van der Waals surface area contributed by atoms with Crippen molar-refractivity contribution in [2.75, 3.05) is 13.6 Å². The topological polar surface area (TPSA) is 49.7 Å². The van der Waals surface area contributed by atoms with E-state index in [0.717, 1.165) is 11.3 Å². The van der Waals surface area contributed by atoms with Gasteiger partial charge < -0.3 is 0 Å². The average molecular weight is 168 g/mol. The zero-order chi connectivity index (χ0) is 9.14. The van der Waals surface area contributed by atoms with Gasteiger partial charge in [-0.3, -0.25) is 19.5 Å². The average Bonchev–Trinajstić information content (AvgIpc) is 2.30. The molecule has 1 fully saturated rings. The van der Waals surface area contributed by atoms with E-state index in [1.807, 2.05) is 6.92 Å². The quantitative estimate of drug-likeness (QED) is 0.554. The second kappa shape index (κ2) is 3.47. The monoisotopic (exact) mass is 168 g/mol. The Bertz CT molecular complexity index is 245. The SMILES string of the molecule is CCCN=C1CC(=O)N(C)C1=O. The second-order valence-electron chi connectivity index (χ2n) is 2.76. The Morgan fingerprint density at radius 2 is 2.17 bits per heavy atom. The lowest BCUT2D eigenvalue weighted by Crippen LogP contribution is -2.25. The van der Waals surface area contributed by atoms with Crippen molar-refractivity contribution in [2.24, 2.45) is 4.99 Å². The minimum atomic E-state index is -0.242. The van der Waals surface area contributed by atoms with Crippen LogP contribution in [0.1, 0.15) is 19.8 Å². The van der Waals surface area contributed by atoms with Crippen molar-refractivity contribution < 1.29 is 9.59 Å². The summed E-state index contributed by atoms with van der Waals surface area (Å²) in [7, 11) is 1.49. The van der Waals surface area contributed by atoms with Crippen LogP contribution in [0.25, 0.3) is 0 Å². The molecule has 1 heterocycles. The predicted octanol–water partition coefficient (Wildman–Crippen LogP) is 0.226. The zero-order valence-electron chi connectivity index (χ0n) is 7.33. The highest BCUT2D eigenvalue weighted by atomic mass is 16.2. The van der Waals surface area contributed by atoms with Crippen molar-refractivity contribution in [1.29, 1.82) is 0 Å². The summed E-state index contributed by atoms with van der Waals surface area (Å²) in [6.45, 7) is 2.61. The Labute approximate surface area is 71.3 Å². The first-order valence-electron chi connectivity index (χ1n) is 4.01. The van der Waals surface area contributed by atoms with E-state index in [1.165, 1.54) is 7.05 Å². The van der Waals surface area contributed by atoms with Gasteiger partial charge in [0, 0.05) is 13.6 Å². The van der Waals surface area contributed by atoms with Gasteiger partial charge in [-0.05, 0) is 6.42 Å². The van der Waals surface area contributed by atoms with Crippen LogP contribution in [0.15, 0.2) is 4.99 Å². The van der Waals surface area contributed by atoms with E-state index in [-0.39, 0.29) is 18.2 Å². The van der Waals surface area contributed by atoms with Crippen LogP contribution in [0.4, 0.5) is 0 Å². The van der Waals surface area contributed by atoms with Crippen LogP contribution in [0, 0.1) is 0 Å². The summed E-state index contributed by atoms with van der Waals surface area (Å²) in [5.41, 5.74) is 0.407. The maximum absolute atomic E-state index is 11.2. The Morgan fingerprint density at radius 3 is 2.58 bits per heavy atom. The number of amides is 2. The molecule has 66 valence electrons. The third-order valence-corrected chi connectivity index (χ3v) is 1.77. The number of imide groups is 1. The first kappa shape index (κ1) is 8.90. The number of nitrogens with zero attached hydrogens (tertiary/aromatic N) is 2. The van der Waals surface area contributed by atoms with Crippen LogP contribution in [0.2, 0.25) is 0 Å². The lowest BCUT2D eigenvalue weighted by Gasteiger charge is -2.01. The molecule has 1 aliphatic rings. The van der Waals surface area contributed by atoms with Crippen molar-refractivity contribution in [2.45, 2.75) is 19.8 Å². The maximum atomic E-state index is 11.2. The Balaban J connectivity index is 2.71.